The summed E-state index contributed by atoms with van der Waals surface area (Å²) in [6, 6.07) is 0. The van der Waals surface area contributed by atoms with Gasteiger partial charge in [-0.3, -0.25) is 9.59 Å². The molecule has 0 atom stereocenters. The lowest BCUT2D eigenvalue weighted by Gasteiger charge is -2.14. The average molecular weight is 409 g/mol. The molecule has 0 radical (unpaired) electrons. The Morgan fingerprint density at radius 2 is 1.14 bits per heavy atom. The minimum atomic E-state index is -0.763. The predicted molar refractivity (Wildman–Crippen MR) is 121 cm³/mol. The van der Waals surface area contributed by atoms with E-state index in [0.29, 0.717) is 19.6 Å². The molecule has 0 aliphatic rings. The van der Waals surface area contributed by atoms with Crippen LogP contribution in [0.3, 0.4) is 0 Å². The molecular formula is C25H44O4. The fraction of sp³-hybridized carbons (Fsp3) is 0.760. The molecule has 29 heavy (non-hydrogen) atoms. The highest BCUT2D eigenvalue weighted by molar-refractivity contribution is 5.94. The fourth-order valence-electron chi connectivity index (χ4n) is 3.15. The molecule has 0 aliphatic heterocycles. The van der Waals surface area contributed by atoms with Gasteiger partial charge in [0.15, 0.2) is 5.92 Å². The second-order valence-electron chi connectivity index (χ2n) is 7.43. The number of carbonyl (C=O) groups is 2. The molecule has 0 saturated carbocycles. The van der Waals surface area contributed by atoms with Gasteiger partial charge in [0.25, 0.3) is 0 Å². The molecule has 0 aliphatic carbocycles. The summed E-state index contributed by atoms with van der Waals surface area (Å²) in [7, 11) is 0. The van der Waals surface area contributed by atoms with E-state index in [0.717, 1.165) is 32.1 Å². The van der Waals surface area contributed by atoms with Crippen LogP contribution in [-0.2, 0) is 19.1 Å². The summed E-state index contributed by atoms with van der Waals surface area (Å²) in [6.45, 7) is 6.32. The summed E-state index contributed by atoms with van der Waals surface area (Å²) in [5.41, 5.74) is 0. The molecule has 0 N–H and O–H groups in total. The largest absolute Gasteiger partial charge is 0.465 e. The molecule has 0 bridgehead atoms. The smallest absolute Gasteiger partial charge is 0.320 e. The van der Waals surface area contributed by atoms with Gasteiger partial charge >= 0.3 is 11.9 Å². The zero-order valence-corrected chi connectivity index (χ0v) is 19.1. The van der Waals surface area contributed by atoms with Gasteiger partial charge in [-0.15, -0.1) is 0 Å². The van der Waals surface area contributed by atoms with Gasteiger partial charge < -0.3 is 9.47 Å². The van der Waals surface area contributed by atoms with Crippen LogP contribution in [0.5, 0.6) is 0 Å². The monoisotopic (exact) mass is 408 g/mol. The van der Waals surface area contributed by atoms with E-state index in [9.17, 15) is 9.59 Å². The van der Waals surface area contributed by atoms with Crippen molar-refractivity contribution in [3.05, 3.63) is 24.3 Å². The molecule has 168 valence electrons. The average Bonchev–Trinajstić information content (AvgIpc) is 2.70. The maximum absolute atomic E-state index is 11.9. The van der Waals surface area contributed by atoms with Crippen molar-refractivity contribution in [3.8, 4) is 0 Å². The third kappa shape index (κ3) is 17.0. The first-order valence-corrected chi connectivity index (χ1v) is 11.8. The highest BCUT2D eigenvalue weighted by Crippen LogP contribution is 2.16. The summed E-state index contributed by atoms with van der Waals surface area (Å²) >= 11 is 0. The van der Waals surface area contributed by atoms with Crippen LogP contribution in [0.1, 0.15) is 104 Å². The van der Waals surface area contributed by atoms with Crippen molar-refractivity contribution in [2.75, 3.05) is 13.2 Å². The van der Waals surface area contributed by atoms with Crippen LogP contribution >= 0.6 is 0 Å². The summed E-state index contributed by atoms with van der Waals surface area (Å²) in [4.78, 5) is 23.8. The highest BCUT2D eigenvalue weighted by Gasteiger charge is 2.28. The Morgan fingerprint density at radius 3 is 1.66 bits per heavy atom. The van der Waals surface area contributed by atoms with E-state index in [-0.39, 0.29) is 0 Å². The molecule has 0 aromatic rings. The zero-order chi connectivity index (χ0) is 21.6. The summed E-state index contributed by atoms with van der Waals surface area (Å²) in [6.07, 6.45) is 23.7. The number of esters is 2. The number of unbranched alkanes of at least 4 members (excludes halogenated alkanes) is 9. The Morgan fingerprint density at radius 1 is 0.655 bits per heavy atom. The predicted octanol–water partition coefficient (Wildman–Crippen LogP) is 6.93. The zero-order valence-electron chi connectivity index (χ0n) is 19.1. The number of carbonyl (C=O) groups excluding carboxylic acids is 2. The first-order chi connectivity index (χ1) is 14.2. The lowest BCUT2D eigenvalue weighted by atomic mass is 10.00. The van der Waals surface area contributed by atoms with Crippen molar-refractivity contribution in [1.29, 1.82) is 0 Å². The highest BCUT2D eigenvalue weighted by atomic mass is 16.6. The van der Waals surface area contributed by atoms with Gasteiger partial charge in [-0.05, 0) is 52.4 Å². The minimum absolute atomic E-state index is 0.290. The third-order valence-electron chi connectivity index (χ3n) is 4.84. The molecule has 0 amide bonds. The minimum Gasteiger partial charge on any atom is -0.465 e. The van der Waals surface area contributed by atoms with Crippen molar-refractivity contribution in [2.24, 2.45) is 5.92 Å². The molecule has 0 unspecified atom stereocenters. The van der Waals surface area contributed by atoms with Gasteiger partial charge in [-0.1, -0.05) is 76.2 Å². The van der Waals surface area contributed by atoms with E-state index in [2.05, 4.69) is 31.2 Å². The van der Waals surface area contributed by atoms with Crippen LogP contribution in [0, 0.1) is 5.92 Å². The van der Waals surface area contributed by atoms with E-state index >= 15 is 0 Å². The Labute approximate surface area is 179 Å². The molecule has 0 heterocycles. The van der Waals surface area contributed by atoms with E-state index in [1.54, 1.807) is 13.8 Å². The van der Waals surface area contributed by atoms with Crippen LogP contribution in [0.25, 0.3) is 0 Å². The van der Waals surface area contributed by atoms with Gasteiger partial charge in [0.05, 0.1) is 13.2 Å². The number of ether oxygens (including phenoxy) is 2. The van der Waals surface area contributed by atoms with Crippen molar-refractivity contribution in [1.82, 2.24) is 0 Å². The van der Waals surface area contributed by atoms with Crippen LogP contribution in [0.2, 0.25) is 0 Å². The normalized spacial score (nSPS) is 11.6. The van der Waals surface area contributed by atoms with E-state index in [1.165, 1.54) is 44.9 Å². The van der Waals surface area contributed by atoms with E-state index in [4.69, 9.17) is 9.47 Å². The van der Waals surface area contributed by atoms with Crippen LogP contribution in [-0.4, -0.2) is 25.2 Å². The first-order valence-electron chi connectivity index (χ1n) is 11.8. The number of allylic oxidation sites excluding steroid dienone is 4. The van der Waals surface area contributed by atoms with Gasteiger partial charge in [0, 0.05) is 0 Å². The Kier molecular flexibility index (Phi) is 20.0. The van der Waals surface area contributed by atoms with E-state index in [1.807, 2.05) is 0 Å². The van der Waals surface area contributed by atoms with Gasteiger partial charge in [0.2, 0.25) is 0 Å². The maximum Gasteiger partial charge on any atom is 0.320 e. The van der Waals surface area contributed by atoms with Crippen molar-refractivity contribution >= 4 is 11.9 Å². The fourth-order valence-corrected chi connectivity index (χ4v) is 3.15. The quantitative estimate of drug-likeness (QED) is 0.101. The third-order valence-corrected chi connectivity index (χ3v) is 4.84. The Bertz CT molecular complexity index is 436. The molecular weight excluding hydrogens is 364 g/mol. The summed E-state index contributed by atoms with van der Waals surface area (Å²) < 4.78 is 10.0. The summed E-state index contributed by atoms with van der Waals surface area (Å²) in [5, 5.41) is 0. The second kappa shape index (κ2) is 21.1. The van der Waals surface area contributed by atoms with Crippen molar-refractivity contribution < 1.29 is 19.1 Å². The number of hydrogen-bond donors (Lipinski definition) is 0. The molecule has 0 fully saturated rings. The van der Waals surface area contributed by atoms with Gasteiger partial charge in [-0.25, -0.2) is 0 Å². The number of rotatable bonds is 19. The topological polar surface area (TPSA) is 52.6 Å². The lowest BCUT2D eigenvalue weighted by Crippen LogP contribution is -2.28. The molecule has 0 spiro atoms. The van der Waals surface area contributed by atoms with Crippen molar-refractivity contribution in [2.45, 2.75) is 104 Å². The van der Waals surface area contributed by atoms with Crippen LogP contribution in [0.15, 0.2) is 24.3 Å². The van der Waals surface area contributed by atoms with Crippen LogP contribution < -0.4 is 0 Å². The SMILES string of the molecule is CCCCC/C=C/C/C=C/CCCCCCCCC(C(=O)OCC)C(=O)OCC. The lowest BCUT2D eigenvalue weighted by molar-refractivity contribution is -0.161. The maximum atomic E-state index is 11.9. The Balaban J connectivity index is 3.68. The molecule has 4 heteroatoms. The Hall–Kier alpha value is -1.58. The molecule has 0 saturated heterocycles. The second-order valence-corrected chi connectivity index (χ2v) is 7.43. The number of hydrogen-bond acceptors (Lipinski definition) is 4. The van der Waals surface area contributed by atoms with Gasteiger partial charge in [0.1, 0.15) is 0 Å². The van der Waals surface area contributed by atoms with Gasteiger partial charge in [-0.2, -0.15) is 0 Å². The van der Waals surface area contributed by atoms with Crippen molar-refractivity contribution in [3.63, 3.8) is 0 Å². The molecule has 0 rings (SSSR count). The standard InChI is InChI=1S/C25H44O4/c1-4-7-8-9-10-11-12-13-14-15-16-17-18-19-20-21-22-23(24(26)28-5-2)25(27)29-6-3/h10-11,13-14,23H,4-9,12,15-22H2,1-3H3/b11-10+,14-13+. The summed E-state index contributed by atoms with van der Waals surface area (Å²) in [5.74, 6) is -1.66. The first kappa shape index (κ1) is 27.4. The molecule has 0 aromatic heterocycles. The molecule has 4 nitrogen and oxygen atoms in total. The van der Waals surface area contributed by atoms with Crippen LogP contribution in [0.4, 0.5) is 0 Å². The van der Waals surface area contributed by atoms with E-state index < -0.39 is 17.9 Å². The molecule has 0 aromatic carbocycles.